The molecule has 1 unspecified atom stereocenters. The van der Waals surface area contributed by atoms with Crippen LogP contribution in [0.4, 0.5) is 13.2 Å². The fraction of sp³-hybridized carbons (Fsp3) is 0.650. The zero-order chi connectivity index (χ0) is 20.6. The number of halogens is 3. The maximum absolute atomic E-state index is 12.6. The van der Waals surface area contributed by atoms with E-state index in [-0.39, 0.29) is 0 Å². The molecule has 0 aromatic heterocycles. The van der Waals surface area contributed by atoms with Crippen LogP contribution in [-0.4, -0.2) is 74.7 Å². The van der Waals surface area contributed by atoms with Gasteiger partial charge in [-0.2, -0.15) is 13.2 Å². The van der Waals surface area contributed by atoms with Crippen LogP contribution in [0, 0.1) is 0 Å². The second-order valence-electron chi connectivity index (χ2n) is 7.28. The van der Waals surface area contributed by atoms with E-state index in [0.29, 0.717) is 25.6 Å². The molecule has 0 amide bonds. The number of guanidine groups is 1. The van der Waals surface area contributed by atoms with Crippen molar-refractivity contribution in [3.63, 3.8) is 0 Å². The van der Waals surface area contributed by atoms with E-state index >= 15 is 0 Å². The molecule has 2 rings (SSSR count). The molecule has 1 saturated heterocycles. The summed E-state index contributed by atoms with van der Waals surface area (Å²) < 4.78 is 37.9. The summed E-state index contributed by atoms with van der Waals surface area (Å²) in [4.78, 5) is 9.46. The third-order valence-corrected chi connectivity index (χ3v) is 5.01. The molecule has 8 heteroatoms. The summed E-state index contributed by atoms with van der Waals surface area (Å²) in [5.41, 5.74) is 0.249. The van der Waals surface area contributed by atoms with Crippen molar-refractivity contribution in [2.24, 2.45) is 4.99 Å². The molecular formula is C20H32F3N5. The van der Waals surface area contributed by atoms with Crippen molar-refractivity contribution in [3.8, 4) is 0 Å². The SMILES string of the molecule is CCNC(=NCC(C)N1CCN(C)CC1)NCCc1ccc(C(F)(F)F)cc1. The van der Waals surface area contributed by atoms with Crippen LogP contribution in [0.5, 0.6) is 0 Å². The number of hydrogen-bond donors (Lipinski definition) is 2. The van der Waals surface area contributed by atoms with Gasteiger partial charge in [-0.25, -0.2) is 0 Å². The van der Waals surface area contributed by atoms with E-state index in [0.717, 1.165) is 56.4 Å². The molecule has 28 heavy (non-hydrogen) atoms. The smallest absolute Gasteiger partial charge is 0.357 e. The standard InChI is InChI=1S/C20H32F3N5/c1-4-24-19(26-15-16(2)28-13-11-27(3)12-14-28)25-10-9-17-5-7-18(8-6-17)20(21,22)23/h5-8,16H,4,9-15H2,1-3H3,(H2,24,25,26). The van der Waals surface area contributed by atoms with Crippen LogP contribution in [0.3, 0.4) is 0 Å². The minimum atomic E-state index is -4.29. The minimum absolute atomic E-state index is 0.374. The number of nitrogens with one attached hydrogen (secondary N) is 2. The first-order valence-corrected chi connectivity index (χ1v) is 9.90. The lowest BCUT2D eigenvalue weighted by molar-refractivity contribution is -0.137. The first-order chi connectivity index (χ1) is 13.3. The summed E-state index contributed by atoms with van der Waals surface area (Å²) >= 11 is 0. The van der Waals surface area contributed by atoms with Crippen molar-refractivity contribution < 1.29 is 13.2 Å². The van der Waals surface area contributed by atoms with E-state index in [1.807, 2.05) is 6.92 Å². The molecule has 0 aliphatic carbocycles. The van der Waals surface area contributed by atoms with Gasteiger partial charge in [0, 0.05) is 45.3 Å². The van der Waals surface area contributed by atoms with Crippen molar-refractivity contribution in [2.45, 2.75) is 32.5 Å². The average Bonchev–Trinajstić information content (AvgIpc) is 2.66. The zero-order valence-corrected chi connectivity index (χ0v) is 17.0. The predicted octanol–water partition coefficient (Wildman–Crippen LogP) is 2.44. The molecule has 1 heterocycles. The summed E-state index contributed by atoms with van der Waals surface area (Å²) in [5, 5.41) is 6.50. The summed E-state index contributed by atoms with van der Waals surface area (Å²) in [6, 6.07) is 5.70. The Balaban J connectivity index is 1.80. The molecule has 158 valence electrons. The Morgan fingerprint density at radius 3 is 2.32 bits per heavy atom. The highest BCUT2D eigenvalue weighted by Crippen LogP contribution is 2.29. The molecule has 1 aliphatic heterocycles. The highest BCUT2D eigenvalue weighted by Gasteiger charge is 2.29. The van der Waals surface area contributed by atoms with Gasteiger partial charge in [-0.15, -0.1) is 0 Å². The third-order valence-electron chi connectivity index (χ3n) is 5.01. The van der Waals surface area contributed by atoms with Gasteiger partial charge in [-0.3, -0.25) is 9.89 Å². The number of benzene rings is 1. The Hall–Kier alpha value is -1.80. The largest absolute Gasteiger partial charge is 0.416 e. The maximum atomic E-state index is 12.6. The number of hydrogen-bond acceptors (Lipinski definition) is 3. The quantitative estimate of drug-likeness (QED) is 0.546. The number of piperazine rings is 1. The van der Waals surface area contributed by atoms with Gasteiger partial charge in [0.1, 0.15) is 0 Å². The van der Waals surface area contributed by atoms with E-state index < -0.39 is 11.7 Å². The van der Waals surface area contributed by atoms with E-state index in [1.165, 1.54) is 12.1 Å². The maximum Gasteiger partial charge on any atom is 0.416 e. The molecule has 1 atom stereocenters. The normalized spacial score (nSPS) is 18.1. The van der Waals surface area contributed by atoms with Gasteiger partial charge in [0.2, 0.25) is 0 Å². The van der Waals surface area contributed by atoms with Gasteiger partial charge in [0.05, 0.1) is 12.1 Å². The average molecular weight is 400 g/mol. The van der Waals surface area contributed by atoms with Crippen LogP contribution >= 0.6 is 0 Å². The van der Waals surface area contributed by atoms with Crippen molar-refractivity contribution in [1.82, 2.24) is 20.4 Å². The van der Waals surface area contributed by atoms with Crippen LogP contribution in [0.1, 0.15) is 25.0 Å². The summed E-state index contributed by atoms with van der Waals surface area (Å²) in [6.07, 6.45) is -3.65. The lowest BCUT2D eigenvalue weighted by atomic mass is 10.1. The summed E-state index contributed by atoms with van der Waals surface area (Å²) in [6.45, 7) is 10.6. The van der Waals surface area contributed by atoms with Crippen molar-refractivity contribution in [1.29, 1.82) is 0 Å². The molecule has 0 radical (unpaired) electrons. The first kappa shape index (κ1) is 22.5. The Morgan fingerprint density at radius 2 is 1.75 bits per heavy atom. The molecule has 2 N–H and O–H groups in total. The molecule has 0 saturated carbocycles. The van der Waals surface area contributed by atoms with E-state index in [2.05, 4.69) is 39.4 Å². The van der Waals surface area contributed by atoms with Crippen molar-refractivity contribution in [3.05, 3.63) is 35.4 Å². The highest BCUT2D eigenvalue weighted by molar-refractivity contribution is 5.79. The molecular weight excluding hydrogens is 367 g/mol. The highest BCUT2D eigenvalue weighted by atomic mass is 19.4. The molecule has 0 bridgehead atoms. The minimum Gasteiger partial charge on any atom is -0.357 e. The van der Waals surface area contributed by atoms with Gasteiger partial charge in [-0.05, 0) is 45.0 Å². The topological polar surface area (TPSA) is 42.9 Å². The van der Waals surface area contributed by atoms with Gasteiger partial charge in [0.15, 0.2) is 5.96 Å². The Morgan fingerprint density at radius 1 is 1.11 bits per heavy atom. The lowest BCUT2D eigenvalue weighted by Crippen LogP contribution is -2.49. The van der Waals surface area contributed by atoms with Gasteiger partial charge in [0.25, 0.3) is 0 Å². The number of likely N-dealkylation sites (N-methyl/N-ethyl adjacent to an activating group) is 1. The number of rotatable bonds is 7. The lowest BCUT2D eigenvalue weighted by Gasteiger charge is -2.35. The van der Waals surface area contributed by atoms with Crippen LogP contribution in [0.15, 0.2) is 29.3 Å². The second-order valence-corrected chi connectivity index (χ2v) is 7.28. The number of nitrogens with zero attached hydrogens (tertiary/aromatic N) is 3. The monoisotopic (exact) mass is 399 g/mol. The fourth-order valence-electron chi connectivity index (χ4n) is 3.13. The van der Waals surface area contributed by atoms with Gasteiger partial charge in [-0.1, -0.05) is 12.1 Å². The van der Waals surface area contributed by atoms with E-state index in [1.54, 1.807) is 0 Å². The third kappa shape index (κ3) is 7.31. The molecule has 1 aromatic rings. The van der Waals surface area contributed by atoms with Gasteiger partial charge >= 0.3 is 6.18 Å². The fourth-order valence-corrected chi connectivity index (χ4v) is 3.13. The summed E-state index contributed by atoms with van der Waals surface area (Å²) in [7, 11) is 2.14. The number of aliphatic imine (C=N–C) groups is 1. The second kappa shape index (κ2) is 10.7. The first-order valence-electron chi connectivity index (χ1n) is 9.90. The molecule has 1 aliphatic rings. The van der Waals surface area contributed by atoms with E-state index in [9.17, 15) is 13.2 Å². The van der Waals surface area contributed by atoms with Crippen molar-refractivity contribution in [2.75, 3.05) is 52.9 Å². The summed E-state index contributed by atoms with van der Waals surface area (Å²) in [5.74, 6) is 0.746. The van der Waals surface area contributed by atoms with Crippen LogP contribution in [0.25, 0.3) is 0 Å². The van der Waals surface area contributed by atoms with Crippen molar-refractivity contribution >= 4 is 5.96 Å². The number of alkyl halides is 3. The Bertz CT molecular complexity index is 607. The molecule has 0 spiro atoms. The Kier molecular flexibility index (Phi) is 8.57. The van der Waals surface area contributed by atoms with Crippen LogP contribution < -0.4 is 10.6 Å². The van der Waals surface area contributed by atoms with Gasteiger partial charge < -0.3 is 15.5 Å². The predicted molar refractivity (Wildman–Crippen MR) is 108 cm³/mol. The zero-order valence-electron chi connectivity index (χ0n) is 17.0. The molecule has 5 nitrogen and oxygen atoms in total. The van der Waals surface area contributed by atoms with E-state index in [4.69, 9.17) is 0 Å². The van der Waals surface area contributed by atoms with Crippen LogP contribution in [0.2, 0.25) is 0 Å². The molecule has 1 aromatic carbocycles. The Labute approximate surface area is 166 Å². The van der Waals surface area contributed by atoms with Crippen LogP contribution in [-0.2, 0) is 12.6 Å². The molecule has 1 fully saturated rings.